The van der Waals surface area contributed by atoms with Crippen molar-refractivity contribution < 1.29 is 13.2 Å². The topological polar surface area (TPSA) is 75.6 Å². The summed E-state index contributed by atoms with van der Waals surface area (Å²) >= 11 is 0. The molecule has 0 fully saturated rings. The van der Waals surface area contributed by atoms with Gasteiger partial charge in [-0.05, 0) is 31.2 Å². The average molecular weight is 316 g/mol. The molecule has 2 rings (SSSR count). The maximum absolute atomic E-state index is 12.5. The molecule has 0 saturated carbocycles. The van der Waals surface area contributed by atoms with Gasteiger partial charge in [0.1, 0.15) is 0 Å². The van der Waals surface area contributed by atoms with E-state index >= 15 is 0 Å². The number of para-hydroxylation sites is 1. The minimum absolute atomic E-state index is 0.0434. The summed E-state index contributed by atoms with van der Waals surface area (Å²) in [6, 6.07) is 15.1. The fraction of sp³-hybridized carbons (Fsp3) is 0.125. The SMILES string of the molecule is CC(=O)C(=NNc1ccccc1)S(=O)(=O)c1ccc(C)cc1. The summed E-state index contributed by atoms with van der Waals surface area (Å²) in [5, 5.41) is 3.28. The smallest absolute Gasteiger partial charge is 0.229 e. The first-order valence-electron chi connectivity index (χ1n) is 6.62. The Morgan fingerprint density at radius 1 is 1.00 bits per heavy atom. The van der Waals surface area contributed by atoms with Gasteiger partial charge >= 0.3 is 0 Å². The van der Waals surface area contributed by atoms with Crippen LogP contribution in [0.25, 0.3) is 0 Å². The van der Waals surface area contributed by atoms with Crippen molar-refractivity contribution in [3.63, 3.8) is 0 Å². The Labute approximate surface area is 129 Å². The molecule has 0 heterocycles. The van der Waals surface area contributed by atoms with E-state index in [1.807, 2.05) is 13.0 Å². The van der Waals surface area contributed by atoms with Crippen LogP contribution in [0.15, 0.2) is 64.6 Å². The quantitative estimate of drug-likeness (QED) is 0.534. The highest BCUT2D eigenvalue weighted by atomic mass is 32.2. The molecule has 0 aliphatic rings. The largest absolute Gasteiger partial charge is 0.292 e. The van der Waals surface area contributed by atoms with E-state index in [9.17, 15) is 13.2 Å². The fourth-order valence-electron chi connectivity index (χ4n) is 1.79. The molecule has 1 N–H and O–H groups in total. The fourth-order valence-corrected chi connectivity index (χ4v) is 3.05. The molecule has 0 amide bonds. The molecule has 2 aromatic rings. The number of ketones is 1. The standard InChI is InChI=1S/C16H16N2O3S/c1-12-8-10-15(11-9-12)22(20,21)16(13(2)19)18-17-14-6-4-3-5-7-14/h3-11,17H,1-2H3. The van der Waals surface area contributed by atoms with Crippen LogP contribution in [0.1, 0.15) is 12.5 Å². The Morgan fingerprint density at radius 2 is 1.59 bits per heavy atom. The number of benzene rings is 2. The van der Waals surface area contributed by atoms with Crippen LogP contribution in [0, 0.1) is 6.92 Å². The summed E-state index contributed by atoms with van der Waals surface area (Å²) < 4.78 is 25.0. The van der Waals surface area contributed by atoms with Gasteiger partial charge in [-0.3, -0.25) is 10.2 Å². The van der Waals surface area contributed by atoms with Crippen molar-refractivity contribution in [2.24, 2.45) is 5.10 Å². The maximum Gasteiger partial charge on any atom is 0.229 e. The molecular weight excluding hydrogens is 300 g/mol. The van der Waals surface area contributed by atoms with Crippen LogP contribution in [-0.2, 0) is 14.6 Å². The molecule has 5 nitrogen and oxygen atoms in total. The molecule has 0 aliphatic heterocycles. The number of sulfone groups is 1. The normalized spacial score (nSPS) is 12.0. The number of carbonyl (C=O) groups is 1. The number of anilines is 1. The number of rotatable bonds is 4. The van der Waals surface area contributed by atoms with E-state index in [1.54, 1.807) is 36.4 Å². The summed E-state index contributed by atoms with van der Waals surface area (Å²) in [5.41, 5.74) is 4.13. The molecular formula is C16H16N2O3S. The highest BCUT2D eigenvalue weighted by Crippen LogP contribution is 2.15. The van der Waals surface area contributed by atoms with Gasteiger partial charge in [0.15, 0.2) is 5.78 Å². The number of hydrogen-bond acceptors (Lipinski definition) is 5. The van der Waals surface area contributed by atoms with Crippen LogP contribution in [0.2, 0.25) is 0 Å². The van der Waals surface area contributed by atoms with Gasteiger partial charge < -0.3 is 0 Å². The van der Waals surface area contributed by atoms with Crippen molar-refractivity contribution in [2.75, 3.05) is 5.43 Å². The number of nitrogens with zero attached hydrogens (tertiary/aromatic N) is 1. The number of carbonyl (C=O) groups excluding carboxylic acids is 1. The molecule has 0 aromatic heterocycles. The average Bonchev–Trinajstić information content (AvgIpc) is 2.48. The highest BCUT2D eigenvalue weighted by Gasteiger charge is 2.26. The Balaban J connectivity index is 2.38. The van der Waals surface area contributed by atoms with E-state index in [0.29, 0.717) is 5.69 Å². The highest BCUT2D eigenvalue weighted by molar-refractivity contribution is 8.08. The van der Waals surface area contributed by atoms with Crippen molar-refractivity contribution in [1.29, 1.82) is 0 Å². The van der Waals surface area contributed by atoms with Crippen LogP contribution in [0.3, 0.4) is 0 Å². The van der Waals surface area contributed by atoms with Crippen molar-refractivity contribution in [1.82, 2.24) is 0 Å². The Bertz CT molecular complexity index is 795. The first kappa shape index (κ1) is 15.9. The second kappa shape index (κ2) is 6.53. The molecule has 0 bridgehead atoms. The number of aryl methyl sites for hydroxylation is 1. The molecule has 114 valence electrons. The summed E-state index contributed by atoms with van der Waals surface area (Å²) in [6.07, 6.45) is 0. The second-order valence-corrected chi connectivity index (χ2v) is 6.63. The van der Waals surface area contributed by atoms with E-state index in [1.165, 1.54) is 19.1 Å². The number of Topliss-reactive ketones (excluding diaryl/α,β-unsaturated/α-hetero) is 1. The first-order valence-corrected chi connectivity index (χ1v) is 8.11. The van der Waals surface area contributed by atoms with Crippen molar-refractivity contribution in [3.05, 3.63) is 60.2 Å². The lowest BCUT2D eigenvalue weighted by molar-refractivity contribution is -0.110. The van der Waals surface area contributed by atoms with Gasteiger partial charge in [-0.1, -0.05) is 35.9 Å². The van der Waals surface area contributed by atoms with Crippen LogP contribution in [-0.4, -0.2) is 19.2 Å². The van der Waals surface area contributed by atoms with E-state index in [2.05, 4.69) is 10.5 Å². The van der Waals surface area contributed by atoms with Gasteiger partial charge in [0.05, 0.1) is 10.6 Å². The van der Waals surface area contributed by atoms with Gasteiger partial charge in [0.25, 0.3) is 0 Å². The van der Waals surface area contributed by atoms with Crippen LogP contribution < -0.4 is 5.43 Å². The number of hydrazone groups is 1. The minimum atomic E-state index is -3.95. The second-order valence-electron chi connectivity index (χ2n) is 4.77. The van der Waals surface area contributed by atoms with Crippen molar-refractivity contribution in [2.45, 2.75) is 18.7 Å². The van der Waals surface area contributed by atoms with E-state index in [-0.39, 0.29) is 4.90 Å². The van der Waals surface area contributed by atoms with Gasteiger partial charge in [-0.15, -0.1) is 0 Å². The zero-order chi connectivity index (χ0) is 16.2. The summed E-state index contributed by atoms with van der Waals surface area (Å²) in [4.78, 5) is 11.7. The molecule has 2 aromatic carbocycles. The van der Waals surface area contributed by atoms with Crippen LogP contribution in [0.4, 0.5) is 5.69 Å². The lowest BCUT2D eigenvalue weighted by Gasteiger charge is -2.07. The predicted molar refractivity (Wildman–Crippen MR) is 86.5 cm³/mol. The third-order valence-electron chi connectivity index (χ3n) is 2.95. The number of nitrogens with one attached hydrogen (secondary N) is 1. The Hall–Kier alpha value is -2.47. The third-order valence-corrected chi connectivity index (χ3v) is 4.73. The van der Waals surface area contributed by atoms with E-state index in [4.69, 9.17) is 0 Å². The van der Waals surface area contributed by atoms with Gasteiger partial charge in [0.2, 0.25) is 14.9 Å². The lowest BCUT2D eigenvalue weighted by atomic mass is 10.2. The molecule has 0 spiro atoms. The molecule has 0 radical (unpaired) electrons. The monoisotopic (exact) mass is 316 g/mol. The summed E-state index contributed by atoms with van der Waals surface area (Å²) in [5.74, 6) is -0.621. The van der Waals surface area contributed by atoms with E-state index in [0.717, 1.165) is 5.56 Å². The Kier molecular flexibility index (Phi) is 4.72. The van der Waals surface area contributed by atoms with Gasteiger partial charge in [-0.2, -0.15) is 5.10 Å². The lowest BCUT2D eigenvalue weighted by Crippen LogP contribution is -2.24. The molecule has 0 unspecified atom stereocenters. The molecule has 6 heteroatoms. The van der Waals surface area contributed by atoms with Crippen molar-refractivity contribution >= 4 is 26.4 Å². The third kappa shape index (κ3) is 3.59. The van der Waals surface area contributed by atoms with Crippen LogP contribution >= 0.6 is 0 Å². The maximum atomic E-state index is 12.5. The molecule has 0 saturated heterocycles. The molecule has 0 aliphatic carbocycles. The molecule has 0 atom stereocenters. The van der Waals surface area contributed by atoms with Gasteiger partial charge in [0, 0.05) is 6.92 Å². The minimum Gasteiger partial charge on any atom is -0.292 e. The van der Waals surface area contributed by atoms with Crippen LogP contribution in [0.5, 0.6) is 0 Å². The Morgan fingerprint density at radius 3 is 2.14 bits per heavy atom. The summed E-state index contributed by atoms with van der Waals surface area (Å²) in [6.45, 7) is 3.03. The summed E-state index contributed by atoms with van der Waals surface area (Å²) in [7, 11) is -3.95. The molecule has 22 heavy (non-hydrogen) atoms. The predicted octanol–water partition coefficient (Wildman–Crippen LogP) is 2.78. The van der Waals surface area contributed by atoms with Gasteiger partial charge in [-0.25, -0.2) is 8.42 Å². The first-order chi connectivity index (χ1) is 10.4. The number of hydrogen-bond donors (Lipinski definition) is 1. The van der Waals surface area contributed by atoms with E-state index < -0.39 is 20.7 Å². The zero-order valence-corrected chi connectivity index (χ0v) is 13.1. The zero-order valence-electron chi connectivity index (χ0n) is 12.3. The van der Waals surface area contributed by atoms with Crippen molar-refractivity contribution in [3.8, 4) is 0 Å².